The number of sulfonamides is 1. The Labute approximate surface area is 112 Å². The van der Waals surface area contributed by atoms with Crippen LogP contribution in [-0.4, -0.2) is 36.4 Å². The number of hydrogen-bond acceptors (Lipinski definition) is 3. The first kappa shape index (κ1) is 14.0. The van der Waals surface area contributed by atoms with Crippen LogP contribution in [0.1, 0.15) is 30.6 Å². The molecule has 19 heavy (non-hydrogen) atoms. The lowest BCUT2D eigenvalue weighted by atomic mass is 10.1. The van der Waals surface area contributed by atoms with Gasteiger partial charge in [-0.3, -0.25) is 0 Å². The van der Waals surface area contributed by atoms with Gasteiger partial charge in [0.2, 0.25) is 10.0 Å². The van der Waals surface area contributed by atoms with Crippen molar-refractivity contribution < 1.29 is 18.3 Å². The minimum atomic E-state index is -3.61. The first-order valence-electron chi connectivity index (χ1n) is 6.17. The monoisotopic (exact) mass is 283 g/mol. The van der Waals surface area contributed by atoms with Crippen molar-refractivity contribution in [1.82, 2.24) is 4.31 Å². The Balaban J connectivity index is 2.40. The Morgan fingerprint density at radius 1 is 1.37 bits per heavy atom. The first-order chi connectivity index (χ1) is 8.82. The van der Waals surface area contributed by atoms with Crippen LogP contribution in [-0.2, 0) is 10.0 Å². The van der Waals surface area contributed by atoms with E-state index < -0.39 is 16.0 Å². The van der Waals surface area contributed by atoms with Crippen LogP contribution in [0.4, 0.5) is 0 Å². The summed E-state index contributed by atoms with van der Waals surface area (Å²) in [6, 6.07) is 5.46. The quantitative estimate of drug-likeness (QED) is 0.918. The predicted molar refractivity (Wildman–Crippen MR) is 70.5 cm³/mol. The standard InChI is InChI=1S/C13H17NO4S/c1-9-6-10(2)14(8-9)19(17,18)12-5-3-4-11(7-12)13(15)16/h3-5,7,9-10H,6,8H2,1-2H3,(H,15,16). The summed E-state index contributed by atoms with van der Waals surface area (Å²) in [6.45, 7) is 4.38. The molecule has 0 bridgehead atoms. The van der Waals surface area contributed by atoms with E-state index in [0.29, 0.717) is 12.5 Å². The van der Waals surface area contributed by atoms with Crippen molar-refractivity contribution in [3.63, 3.8) is 0 Å². The number of rotatable bonds is 3. The molecule has 1 aliphatic rings. The van der Waals surface area contributed by atoms with Gasteiger partial charge in [0.05, 0.1) is 10.5 Å². The highest BCUT2D eigenvalue weighted by atomic mass is 32.2. The van der Waals surface area contributed by atoms with E-state index >= 15 is 0 Å². The normalized spacial score (nSPS) is 24.5. The van der Waals surface area contributed by atoms with Crippen molar-refractivity contribution in [2.24, 2.45) is 5.92 Å². The first-order valence-corrected chi connectivity index (χ1v) is 7.61. The van der Waals surface area contributed by atoms with Crippen molar-refractivity contribution in [2.75, 3.05) is 6.54 Å². The predicted octanol–water partition coefficient (Wildman–Crippen LogP) is 1.80. The van der Waals surface area contributed by atoms with E-state index in [-0.39, 0.29) is 16.5 Å². The van der Waals surface area contributed by atoms with E-state index in [0.717, 1.165) is 6.42 Å². The smallest absolute Gasteiger partial charge is 0.335 e. The fourth-order valence-corrected chi connectivity index (χ4v) is 4.33. The fraction of sp³-hybridized carbons (Fsp3) is 0.462. The summed E-state index contributed by atoms with van der Waals surface area (Å²) >= 11 is 0. The zero-order chi connectivity index (χ0) is 14.2. The molecule has 5 nitrogen and oxygen atoms in total. The van der Waals surface area contributed by atoms with Crippen LogP contribution in [0.25, 0.3) is 0 Å². The number of nitrogens with zero attached hydrogens (tertiary/aromatic N) is 1. The second-order valence-corrected chi connectivity index (χ2v) is 6.99. The highest BCUT2D eigenvalue weighted by Crippen LogP contribution is 2.29. The van der Waals surface area contributed by atoms with Crippen molar-refractivity contribution in [1.29, 1.82) is 0 Å². The third-order valence-electron chi connectivity index (χ3n) is 3.41. The second kappa shape index (κ2) is 4.94. The molecule has 0 saturated carbocycles. The van der Waals surface area contributed by atoms with Gasteiger partial charge in [-0.2, -0.15) is 4.31 Å². The Bertz CT molecular complexity index is 596. The molecule has 2 atom stereocenters. The zero-order valence-corrected chi connectivity index (χ0v) is 11.7. The van der Waals surface area contributed by atoms with E-state index in [1.54, 1.807) is 0 Å². The zero-order valence-electron chi connectivity index (χ0n) is 10.9. The van der Waals surface area contributed by atoms with Gasteiger partial charge in [0.1, 0.15) is 0 Å². The minimum absolute atomic E-state index is 0.0130. The highest BCUT2D eigenvalue weighted by Gasteiger charge is 2.36. The van der Waals surface area contributed by atoms with E-state index in [4.69, 9.17) is 5.11 Å². The Kier molecular flexibility index (Phi) is 3.64. The van der Waals surface area contributed by atoms with Crippen molar-refractivity contribution in [2.45, 2.75) is 31.2 Å². The van der Waals surface area contributed by atoms with Gasteiger partial charge in [0, 0.05) is 12.6 Å². The van der Waals surface area contributed by atoms with Gasteiger partial charge in [-0.05, 0) is 37.5 Å². The molecule has 1 heterocycles. The molecule has 1 aliphatic heterocycles. The summed E-state index contributed by atoms with van der Waals surface area (Å²) in [6.07, 6.45) is 0.831. The summed E-state index contributed by atoms with van der Waals surface area (Å²) in [5.74, 6) is -0.799. The minimum Gasteiger partial charge on any atom is -0.478 e. The highest BCUT2D eigenvalue weighted by molar-refractivity contribution is 7.89. The molecule has 2 unspecified atom stereocenters. The van der Waals surface area contributed by atoms with Crippen LogP contribution in [0.5, 0.6) is 0 Å². The third kappa shape index (κ3) is 2.64. The van der Waals surface area contributed by atoms with Gasteiger partial charge in [0.25, 0.3) is 0 Å². The van der Waals surface area contributed by atoms with Crippen LogP contribution in [0.2, 0.25) is 0 Å². The van der Waals surface area contributed by atoms with Gasteiger partial charge in [-0.1, -0.05) is 13.0 Å². The largest absolute Gasteiger partial charge is 0.478 e. The Morgan fingerprint density at radius 3 is 2.58 bits per heavy atom. The summed E-state index contributed by atoms with van der Waals surface area (Å²) in [5, 5.41) is 8.93. The number of hydrogen-bond donors (Lipinski definition) is 1. The van der Waals surface area contributed by atoms with Crippen LogP contribution >= 0.6 is 0 Å². The lowest BCUT2D eigenvalue weighted by Gasteiger charge is -2.21. The molecule has 0 aliphatic carbocycles. The molecular formula is C13H17NO4S. The topological polar surface area (TPSA) is 74.7 Å². The number of carbonyl (C=O) groups is 1. The molecule has 104 valence electrons. The molecule has 1 saturated heterocycles. The van der Waals surface area contributed by atoms with Crippen LogP contribution in [0.3, 0.4) is 0 Å². The van der Waals surface area contributed by atoms with Gasteiger partial charge in [-0.25, -0.2) is 13.2 Å². The van der Waals surface area contributed by atoms with E-state index in [9.17, 15) is 13.2 Å². The molecule has 1 aromatic carbocycles. The summed E-state index contributed by atoms with van der Waals surface area (Å²) in [4.78, 5) is 11.0. The Hall–Kier alpha value is -1.40. The molecule has 1 N–H and O–H groups in total. The number of carboxylic acids is 1. The second-order valence-electron chi connectivity index (χ2n) is 5.10. The van der Waals surface area contributed by atoms with E-state index in [1.165, 1.54) is 28.6 Å². The van der Waals surface area contributed by atoms with Crippen molar-refractivity contribution in [3.05, 3.63) is 29.8 Å². The average molecular weight is 283 g/mol. The van der Waals surface area contributed by atoms with Gasteiger partial charge in [-0.15, -0.1) is 0 Å². The molecule has 6 heteroatoms. The summed E-state index contributed by atoms with van der Waals surface area (Å²) < 4.78 is 26.5. The molecule has 1 aromatic rings. The molecule has 2 rings (SSSR count). The van der Waals surface area contributed by atoms with Crippen molar-refractivity contribution in [3.8, 4) is 0 Å². The third-order valence-corrected chi connectivity index (χ3v) is 5.39. The summed E-state index contributed by atoms with van der Waals surface area (Å²) in [5.41, 5.74) is -0.0130. The molecule has 0 aromatic heterocycles. The number of benzene rings is 1. The lowest BCUT2D eigenvalue weighted by Crippen LogP contribution is -2.34. The van der Waals surface area contributed by atoms with Crippen LogP contribution in [0.15, 0.2) is 29.2 Å². The lowest BCUT2D eigenvalue weighted by molar-refractivity contribution is 0.0696. The number of carboxylic acid groups (broad SMARTS) is 1. The summed E-state index contributed by atoms with van der Waals surface area (Å²) in [7, 11) is -3.61. The Morgan fingerprint density at radius 2 is 2.05 bits per heavy atom. The van der Waals surface area contributed by atoms with Gasteiger partial charge >= 0.3 is 5.97 Å². The van der Waals surface area contributed by atoms with Gasteiger partial charge < -0.3 is 5.11 Å². The molecular weight excluding hydrogens is 266 g/mol. The SMILES string of the molecule is CC1CC(C)N(S(=O)(=O)c2cccc(C(=O)O)c2)C1. The average Bonchev–Trinajstić information content (AvgIpc) is 2.69. The molecule has 0 amide bonds. The van der Waals surface area contributed by atoms with E-state index in [2.05, 4.69) is 0 Å². The molecule has 0 radical (unpaired) electrons. The fourth-order valence-electron chi connectivity index (χ4n) is 2.52. The maximum Gasteiger partial charge on any atom is 0.335 e. The molecule has 1 fully saturated rings. The molecule has 0 spiro atoms. The van der Waals surface area contributed by atoms with Crippen LogP contribution < -0.4 is 0 Å². The van der Waals surface area contributed by atoms with Crippen LogP contribution in [0, 0.1) is 5.92 Å². The van der Waals surface area contributed by atoms with Gasteiger partial charge in [0.15, 0.2) is 0 Å². The maximum absolute atomic E-state index is 12.5. The van der Waals surface area contributed by atoms with Crippen molar-refractivity contribution >= 4 is 16.0 Å². The van der Waals surface area contributed by atoms with E-state index in [1.807, 2.05) is 13.8 Å². The number of aromatic carboxylic acids is 1. The maximum atomic E-state index is 12.5.